The van der Waals surface area contributed by atoms with E-state index in [4.69, 9.17) is 4.74 Å². The minimum atomic E-state index is -0.570. The smallest absolute Gasteiger partial charge is 0.0608 e. The van der Waals surface area contributed by atoms with Crippen LogP contribution >= 0.6 is 0 Å². The summed E-state index contributed by atoms with van der Waals surface area (Å²) in [5.41, 5.74) is 2.70. The number of rotatable bonds is 4. The SMILES string of the molecule is CC(C)(O)CCNN1CCOCC1. The van der Waals surface area contributed by atoms with Crippen molar-refractivity contribution in [1.29, 1.82) is 0 Å². The average Bonchev–Trinajstić information content (AvgIpc) is 2.04. The number of nitrogens with one attached hydrogen (secondary N) is 1. The molecule has 13 heavy (non-hydrogen) atoms. The van der Waals surface area contributed by atoms with Gasteiger partial charge in [0.25, 0.3) is 0 Å². The van der Waals surface area contributed by atoms with Crippen molar-refractivity contribution in [3.05, 3.63) is 0 Å². The van der Waals surface area contributed by atoms with Gasteiger partial charge in [-0.2, -0.15) is 0 Å². The van der Waals surface area contributed by atoms with Crippen LogP contribution in [0.2, 0.25) is 0 Å². The Balaban J connectivity index is 2.04. The molecule has 4 heteroatoms. The van der Waals surface area contributed by atoms with Crippen molar-refractivity contribution in [2.75, 3.05) is 32.8 Å². The number of hydrogen-bond acceptors (Lipinski definition) is 4. The van der Waals surface area contributed by atoms with Gasteiger partial charge in [0, 0.05) is 19.6 Å². The summed E-state index contributed by atoms with van der Waals surface area (Å²) in [5.74, 6) is 0. The van der Waals surface area contributed by atoms with Crippen molar-refractivity contribution >= 4 is 0 Å². The van der Waals surface area contributed by atoms with Gasteiger partial charge in [-0.1, -0.05) is 0 Å². The van der Waals surface area contributed by atoms with Gasteiger partial charge in [-0.15, -0.1) is 0 Å². The van der Waals surface area contributed by atoms with Crippen LogP contribution in [0, 0.1) is 0 Å². The normalized spacial score (nSPS) is 20.5. The zero-order valence-electron chi connectivity index (χ0n) is 8.55. The van der Waals surface area contributed by atoms with E-state index in [0.717, 1.165) is 39.3 Å². The molecule has 2 N–H and O–H groups in total. The third-order valence-corrected chi connectivity index (χ3v) is 2.08. The van der Waals surface area contributed by atoms with Gasteiger partial charge in [0.15, 0.2) is 0 Å². The predicted molar refractivity (Wildman–Crippen MR) is 51.3 cm³/mol. The van der Waals surface area contributed by atoms with Crippen molar-refractivity contribution in [2.45, 2.75) is 25.9 Å². The molecule has 0 aromatic rings. The molecule has 0 radical (unpaired) electrons. The first kappa shape index (κ1) is 10.9. The molecular formula is C9H20N2O2. The summed E-state index contributed by atoms with van der Waals surface area (Å²) < 4.78 is 5.22. The maximum atomic E-state index is 9.46. The predicted octanol–water partition coefficient (Wildman–Crippen LogP) is -0.0158. The Morgan fingerprint density at radius 2 is 2.00 bits per heavy atom. The summed E-state index contributed by atoms with van der Waals surface area (Å²) in [5, 5.41) is 11.6. The first-order chi connectivity index (χ1) is 6.08. The maximum absolute atomic E-state index is 9.46. The van der Waals surface area contributed by atoms with E-state index in [1.165, 1.54) is 0 Å². The van der Waals surface area contributed by atoms with Gasteiger partial charge in [0.1, 0.15) is 0 Å². The molecule has 1 saturated heterocycles. The molecule has 78 valence electrons. The summed E-state index contributed by atoms with van der Waals surface area (Å²) in [6, 6.07) is 0. The van der Waals surface area contributed by atoms with E-state index in [1.807, 2.05) is 13.8 Å². The largest absolute Gasteiger partial charge is 0.390 e. The molecule has 1 rings (SSSR count). The van der Waals surface area contributed by atoms with Crippen LogP contribution in [0.1, 0.15) is 20.3 Å². The van der Waals surface area contributed by atoms with E-state index < -0.39 is 5.60 Å². The molecule has 0 atom stereocenters. The first-order valence-electron chi connectivity index (χ1n) is 4.86. The molecule has 1 heterocycles. The molecule has 1 fully saturated rings. The second-order valence-corrected chi connectivity index (χ2v) is 4.07. The molecule has 0 spiro atoms. The van der Waals surface area contributed by atoms with Crippen molar-refractivity contribution in [2.24, 2.45) is 0 Å². The van der Waals surface area contributed by atoms with Gasteiger partial charge in [0.2, 0.25) is 0 Å². The fraction of sp³-hybridized carbons (Fsp3) is 1.00. The lowest BCUT2D eigenvalue weighted by Crippen LogP contribution is -2.47. The van der Waals surface area contributed by atoms with Gasteiger partial charge < -0.3 is 9.84 Å². The fourth-order valence-corrected chi connectivity index (χ4v) is 1.24. The van der Waals surface area contributed by atoms with Crippen LogP contribution in [-0.2, 0) is 4.74 Å². The van der Waals surface area contributed by atoms with Crippen molar-refractivity contribution < 1.29 is 9.84 Å². The number of morpholine rings is 1. The monoisotopic (exact) mass is 188 g/mol. The van der Waals surface area contributed by atoms with Gasteiger partial charge >= 0.3 is 0 Å². The van der Waals surface area contributed by atoms with Crippen LogP contribution in [0.25, 0.3) is 0 Å². The molecule has 0 aliphatic carbocycles. The third-order valence-electron chi connectivity index (χ3n) is 2.08. The molecule has 4 nitrogen and oxygen atoms in total. The van der Waals surface area contributed by atoms with E-state index in [9.17, 15) is 5.11 Å². The Morgan fingerprint density at radius 3 is 2.54 bits per heavy atom. The minimum absolute atomic E-state index is 0.570. The molecule has 0 bridgehead atoms. The topological polar surface area (TPSA) is 44.7 Å². The second-order valence-electron chi connectivity index (χ2n) is 4.07. The molecule has 0 aromatic heterocycles. The van der Waals surface area contributed by atoms with Crippen molar-refractivity contribution in [3.63, 3.8) is 0 Å². The number of nitrogens with zero attached hydrogens (tertiary/aromatic N) is 1. The lowest BCUT2D eigenvalue weighted by molar-refractivity contribution is 0.00447. The number of ether oxygens (including phenoxy) is 1. The summed E-state index contributed by atoms with van der Waals surface area (Å²) in [7, 11) is 0. The Kier molecular flexibility index (Phi) is 4.12. The van der Waals surface area contributed by atoms with Crippen LogP contribution in [0.15, 0.2) is 0 Å². The van der Waals surface area contributed by atoms with Crippen LogP contribution in [-0.4, -0.2) is 48.6 Å². The van der Waals surface area contributed by atoms with E-state index in [-0.39, 0.29) is 0 Å². The van der Waals surface area contributed by atoms with E-state index in [2.05, 4.69) is 10.4 Å². The maximum Gasteiger partial charge on any atom is 0.0608 e. The highest BCUT2D eigenvalue weighted by molar-refractivity contribution is 4.66. The Bertz CT molecular complexity index is 139. The zero-order chi connectivity index (χ0) is 9.73. The quantitative estimate of drug-likeness (QED) is 0.651. The lowest BCUT2D eigenvalue weighted by atomic mass is 10.1. The summed E-state index contributed by atoms with van der Waals surface area (Å²) in [6.45, 7) is 7.95. The van der Waals surface area contributed by atoms with E-state index in [1.54, 1.807) is 0 Å². The van der Waals surface area contributed by atoms with Crippen molar-refractivity contribution in [3.8, 4) is 0 Å². The van der Waals surface area contributed by atoms with Crippen molar-refractivity contribution in [1.82, 2.24) is 10.4 Å². The Morgan fingerprint density at radius 1 is 1.38 bits per heavy atom. The third kappa shape index (κ3) is 5.21. The van der Waals surface area contributed by atoms with Crippen LogP contribution in [0.3, 0.4) is 0 Å². The summed E-state index contributed by atoms with van der Waals surface area (Å²) in [6.07, 6.45) is 0.768. The van der Waals surface area contributed by atoms with Crippen LogP contribution in [0.5, 0.6) is 0 Å². The zero-order valence-corrected chi connectivity index (χ0v) is 8.55. The molecule has 0 amide bonds. The average molecular weight is 188 g/mol. The fourth-order valence-electron chi connectivity index (χ4n) is 1.24. The van der Waals surface area contributed by atoms with Gasteiger partial charge in [-0.3, -0.25) is 5.43 Å². The van der Waals surface area contributed by atoms with Crippen LogP contribution < -0.4 is 5.43 Å². The van der Waals surface area contributed by atoms with Gasteiger partial charge in [0.05, 0.1) is 18.8 Å². The Labute approximate surface area is 79.8 Å². The van der Waals surface area contributed by atoms with E-state index in [0.29, 0.717) is 0 Å². The second kappa shape index (κ2) is 4.91. The first-order valence-corrected chi connectivity index (χ1v) is 4.86. The molecule has 0 saturated carbocycles. The minimum Gasteiger partial charge on any atom is -0.390 e. The Hall–Kier alpha value is -0.160. The standard InChI is InChI=1S/C9H20N2O2/c1-9(2,12)3-4-10-11-5-7-13-8-6-11/h10,12H,3-8H2,1-2H3. The molecule has 0 unspecified atom stereocenters. The number of hydrazine groups is 1. The number of hydrogen-bond donors (Lipinski definition) is 2. The van der Waals surface area contributed by atoms with E-state index >= 15 is 0 Å². The summed E-state index contributed by atoms with van der Waals surface area (Å²) >= 11 is 0. The van der Waals surface area contributed by atoms with Gasteiger partial charge in [-0.05, 0) is 20.3 Å². The van der Waals surface area contributed by atoms with Crippen LogP contribution in [0.4, 0.5) is 0 Å². The molecule has 1 aliphatic rings. The highest BCUT2D eigenvalue weighted by atomic mass is 16.5. The molecule has 0 aromatic carbocycles. The highest BCUT2D eigenvalue weighted by Gasteiger charge is 2.13. The lowest BCUT2D eigenvalue weighted by Gasteiger charge is -2.28. The molecular weight excluding hydrogens is 168 g/mol. The highest BCUT2D eigenvalue weighted by Crippen LogP contribution is 2.05. The molecule has 1 aliphatic heterocycles. The number of aliphatic hydroxyl groups is 1. The van der Waals surface area contributed by atoms with Gasteiger partial charge in [-0.25, -0.2) is 5.01 Å². The summed E-state index contributed by atoms with van der Waals surface area (Å²) in [4.78, 5) is 0.